The zero-order valence-corrected chi connectivity index (χ0v) is 10.4. The Morgan fingerprint density at radius 2 is 2.21 bits per heavy atom. The Bertz CT molecular complexity index is 586. The predicted molar refractivity (Wildman–Crippen MR) is 67.6 cm³/mol. The van der Waals surface area contributed by atoms with Crippen molar-refractivity contribution in [2.75, 3.05) is 5.32 Å². The van der Waals surface area contributed by atoms with Crippen molar-refractivity contribution < 1.29 is 13.6 Å². The highest BCUT2D eigenvalue weighted by Gasteiger charge is 2.15. The summed E-state index contributed by atoms with van der Waals surface area (Å²) in [6.07, 6.45) is 0.359. The first-order chi connectivity index (χ1) is 9.08. The van der Waals surface area contributed by atoms with Gasteiger partial charge in [-0.2, -0.15) is 0 Å². The van der Waals surface area contributed by atoms with Crippen LogP contribution in [0.15, 0.2) is 36.7 Å². The fourth-order valence-corrected chi connectivity index (χ4v) is 1.75. The van der Waals surface area contributed by atoms with Crippen LogP contribution in [0.5, 0.6) is 0 Å². The summed E-state index contributed by atoms with van der Waals surface area (Å²) in [5.74, 6) is -0.342. The molecule has 2 aromatic heterocycles. The van der Waals surface area contributed by atoms with E-state index in [9.17, 15) is 13.6 Å². The minimum absolute atomic E-state index is 0.127. The van der Waals surface area contributed by atoms with Crippen molar-refractivity contribution in [2.45, 2.75) is 13.0 Å². The highest BCUT2D eigenvalue weighted by Crippen LogP contribution is 2.18. The Balaban J connectivity index is 2.17. The summed E-state index contributed by atoms with van der Waals surface area (Å²) in [4.78, 5) is 15.9. The number of aromatic nitrogens is 2. The number of pyridine rings is 1. The van der Waals surface area contributed by atoms with Gasteiger partial charge in [0.2, 0.25) is 0 Å². The summed E-state index contributed by atoms with van der Waals surface area (Å²) >= 11 is 5.85. The van der Waals surface area contributed by atoms with Gasteiger partial charge in [0.15, 0.2) is 5.82 Å². The van der Waals surface area contributed by atoms with Gasteiger partial charge in [0.25, 0.3) is 12.3 Å². The number of halogens is 3. The Morgan fingerprint density at radius 3 is 2.89 bits per heavy atom. The number of carbonyl (C=O) groups is 1. The van der Waals surface area contributed by atoms with Crippen LogP contribution in [0.3, 0.4) is 0 Å². The maximum atomic E-state index is 12.3. The van der Waals surface area contributed by atoms with Crippen LogP contribution in [-0.2, 0) is 6.54 Å². The second kappa shape index (κ2) is 5.79. The molecule has 0 atom stereocenters. The zero-order chi connectivity index (χ0) is 13.8. The molecule has 0 saturated heterocycles. The van der Waals surface area contributed by atoms with Gasteiger partial charge in [-0.1, -0.05) is 11.6 Å². The second-order valence-electron chi connectivity index (χ2n) is 3.72. The van der Waals surface area contributed by atoms with Gasteiger partial charge in [-0.15, -0.1) is 0 Å². The molecular weight excluding hydrogens is 276 g/mol. The summed E-state index contributed by atoms with van der Waals surface area (Å²) in [5, 5.41) is 2.76. The largest absolute Gasteiger partial charge is 0.338 e. The van der Waals surface area contributed by atoms with Gasteiger partial charge in [0.1, 0.15) is 5.69 Å². The molecule has 19 heavy (non-hydrogen) atoms. The Kier molecular flexibility index (Phi) is 4.11. The van der Waals surface area contributed by atoms with Crippen molar-refractivity contribution in [1.29, 1.82) is 0 Å². The number of hydrogen-bond acceptors (Lipinski definition) is 2. The van der Waals surface area contributed by atoms with Gasteiger partial charge in [-0.05, 0) is 24.3 Å². The summed E-state index contributed by atoms with van der Waals surface area (Å²) in [6, 6.07) is 6.17. The molecule has 0 radical (unpaired) electrons. The molecule has 2 rings (SSSR count). The monoisotopic (exact) mass is 285 g/mol. The lowest BCUT2D eigenvalue weighted by Gasteiger charge is -2.09. The lowest BCUT2D eigenvalue weighted by Crippen LogP contribution is -2.19. The predicted octanol–water partition coefficient (Wildman–Crippen LogP) is 3.05. The fraction of sp³-hybridized carbons (Fsp3) is 0.167. The molecule has 0 spiro atoms. The van der Waals surface area contributed by atoms with Crippen LogP contribution in [0, 0.1) is 0 Å². The first kappa shape index (κ1) is 13.5. The minimum Gasteiger partial charge on any atom is -0.338 e. The van der Waals surface area contributed by atoms with Crippen molar-refractivity contribution >= 4 is 23.3 Å². The van der Waals surface area contributed by atoms with Crippen molar-refractivity contribution in [3.05, 3.63) is 47.4 Å². The Morgan fingerprint density at radius 1 is 1.42 bits per heavy atom. The molecule has 0 aliphatic rings. The van der Waals surface area contributed by atoms with E-state index in [1.165, 1.54) is 29.1 Å². The number of amides is 1. The van der Waals surface area contributed by atoms with Crippen molar-refractivity contribution in [3.63, 3.8) is 0 Å². The smallest absolute Gasteiger partial charge is 0.273 e. The van der Waals surface area contributed by atoms with Gasteiger partial charge >= 0.3 is 0 Å². The van der Waals surface area contributed by atoms with E-state index in [1.807, 2.05) is 0 Å². The zero-order valence-electron chi connectivity index (χ0n) is 9.69. The SMILES string of the molecule is O=C(Nc1ncccc1Cl)c1cccn1CC(F)F. The van der Waals surface area contributed by atoms with E-state index < -0.39 is 18.9 Å². The molecule has 0 unspecified atom stereocenters. The highest BCUT2D eigenvalue weighted by atomic mass is 35.5. The number of alkyl halides is 2. The van der Waals surface area contributed by atoms with Gasteiger partial charge in [-0.25, -0.2) is 13.8 Å². The molecule has 2 heterocycles. The molecule has 0 aliphatic carbocycles. The van der Waals surface area contributed by atoms with Crippen LogP contribution >= 0.6 is 11.6 Å². The first-order valence-electron chi connectivity index (χ1n) is 5.43. The average molecular weight is 286 g/mol. The first-order valence-corrected chi connectivity index (χ1v) is 5.81. The number of carbonyl (C=O) groups excluding carboxylic acids is 1. The van der Waals surface area contributed by atoms with E-state index in [1.54, 1.807) is 12.1 Å². The Labute approximate surface area is 113 Å². The second-order valence-corrected chi connectivity index (χ2v) is 4.13. The lowest BCUT2D eigenvalue weighted by molar-refractivity contribution is 0.0997. The maximum Gasteiger partial charge on any atom is 0.273 e. The third-order valence-electron chi connectivity index (χ3n) is 2.39. The normalized spacial score (nSPS) is 10.7. The van der Waals surface area contributed by atoms with E-state index in [2.05, 4.69) is 10.3 Å². The summed E-state index contributed by atoms with van der Waals surface area (Å²) in [6.45, 7) is -0.536. The molecule has 2 aromatic rings. The van der Waals surface area contributed by atoms with Crippen molar-refractivity contribution in [1.82, 2.24) is 9.55 Å². The molecular formula is C12H10ClF2N3O. The van der Waals surface area contributed by atoms with Crippen LogP contribution in [0.2, 0.25) is 5.02 Å². The molecule has 1 amide bonds. The van der Waals surface area contributed by atoms with Gasteiger partial charge in [0, 0.05) is 12.4 Å². The van der Waals surface area contributed by atoms with E-state index in [0.29, 0.717) is 0 Å². The summed E-state index contributed by atoms with van der Waals surface area (Å²) < 4.78 is 25.9. The van der Waals surface area contributed by atoms with Gasteiger partial charge < -0.3 is 9.88 Å². The molecule has 4 nitrogen and oxygen atoms in total. The van der Waals surface area contributed by atoms with Crippen LogP contribution in [0.25, 0.3) is 0 Å². The number of anilines is 1. The average Bonchev–Trinajstić information content (AvgIpc) is 2.79. The number of nitrogens with zero attached hydrogens (tertiary/aromatic N) is 2. The number of rotatable bonds is 4. The molecule has 0 aliphatic heterocycles. The molecule has 0 saturated carbocycles. The molecule has 0 bridgehead atoms. The maximum absolute atomic E-state index is 12.3. The molecule has 100 valence electrons. The number of nitrogens with one attached hydrogen (secondary N) is 1. The molecule has 0 fully saturated rings. The summed E-state index contributed by atoms with van der Waals surface area (Å²) in [5.41, 5.74) is 0.127. The molecule has 1 N–H and O–H groups in total. The topological polar surface area (TPSA) is 46.9 Å². The third-order valence-corrected chi connectivity index (χ3v) is 2.69. The molecule has 0 aromatic carbocycles. The summed E-state index contributed by atoms with van der Waals surface area (Å²) in [7, 11) is 0. The fourth-order valence-electron chi connectivity index (χ4n) is 1.58. The van der Waals surface area contributed by atoms with Crippen molar-refractivity contribution in [2.24, 2.45) is 0 Å². The van der Waals surface area contributed by atoms with Crippen LogP contribution in [0.1, 0.15) is 10.5 Å². The van der Waals surface area contributed by atoms with Crippen LogP contribution < -0.4 is 5.32 Å². The lowest BCUT2D eigenvalue weighted by atomic mass is 10.3. The minimum atomic E-state index is -2.53. The van der Waals surface area contributed by atoms with E-state index in [0.717, 1.165) is 0 Å². The molecule has 7 heteroatoms. The van der Waals surface area contributed by atoms with E-state index in [-0.39, 0.29) is 16.5 Å². The third kappa shape index (κ3) is 3.29. The standard InChI is InChI=1S/C12H10ClF2N3O/c13-8-3-1-5-16-11(8)17-12(19)9-4-2-6-18(9)7-10(14)15/h1-6,10H,7H2,(H,16,17,19). The number of hydrogen-bond donors (Lipinski definition) is 1. The van der Waals surface area contributed by atoms with Crippen LogP contribution in [-0.4, -0.2) is 21.9 Å². The van der Waals surface area contributed by atoms with Crippen LogP contribution in [0.4, 0.5) is 14.6 Å². The van der Waals surface area contributed by atoms with Gasteiger partial charge in [0.05, 0.1) is 11.6 Å². The quantitative estimate of drug-likeness (QED) is 0.938. The van der Waals surface area contributed by atoms with Gasteiger partial charge in [-0.3, -0.25) is 4.79 Å². The Hall–Kier alpha value is -1.95. The van der Waals surface area contributed by atoms with E-state index in [4.69, 9.17) is 11.6 Å². The van der Waals surface area contributed by atoms with Crippen molar-refractivity contribution in [3.8, 4) is 0 Å². The van der Waals surface area contributed by atoms with E-state index >= 15 is 0 Å². The highest BCUT2D eigenvalue weighted by molar-refractivity contribution is 6.33.